The maximum absolute atomic E-state index is 13.9. The first kappa shape index (κ1) is 20.2. The molecule has 0 aliphatic heterocycles. The van der Waals surface area contributed by atoms with Gasteiger partial charge in [0, 0.05) is 5.33 Å². The molecule has 1 aliphatic carbocycles. The van der Waals surface area contributed by atoms with Crippen LogP contribution in [-0.4, -0.2) is 11.7 Å². The molecule has 0 unspecified atom stereocenters. The average Bonchev–Trinajstić information content (AvgIpc) is 2.63. The van der Waals surface area contributed by atoms with E-state index in [0.717, 1.165) is 28.9 Å². The molecule has 0 bridgehead atoms. The van der Waals surface area contributed by atoms with Gasteiger partial charge in [-0.05, 0) is 72.8 Å². The van der Waals surface area contributed by atoms with Gasteiger partial charge in [0.1, 0.15) is 0 Å². The molecule has 1 saturated carbocycles. The molecule has 2 aromatic rings. The number of benzene rings is 2. The zero-order valence-electron chi connectivity index (χ0n) is 14.7. The van der Waals surface area contributed by atoms with E-state index in [1.165, 1.54) is 43.7 Å². The van der Waals surface area contributed by atoms with Gasteiger partial charge in [0.15, 0.2) is 11.6 Å². The maximum Gasteiger partial charge on any atom is 0.573 e. The summed E-state index contributed by atoms with van der Waals surface area (Å²) in [5.74, 6) is -0.493. The Balaban J connectivity index is 1.68. The lowest BCUT2D eigenvalue weighted by Crippen LogP contribution is -2.17. The van der Waals surface area contributed by atoms with Crippen molar-refractivity contribution in [3.63, 3.8) is 0 Å². The maximum atomic E-state index is 13.9. The van der Waals surface area contributed by atoms with Crippen LogP contribution in [0.1, 0.15) is 43.6 Å². The normalized spacial score (nSPS) is 20.5. The van der Waals surface area contributed by atoms with Gasteiger partial charge in [-0.2, -0.15) is 0 Å². The first-order chi connectivity index (χ1) is 12.9. The Hall–Kier alpha value is -1.56. The van der Waals surface area contributed by atoms with Crippen molar-refractivity contribution in [3.8, 4) is 16.9 Å². The van der Waals surface area contributed by atoms with E-state index in [4.69, 9.17) is 0 Å². The van der Waals surface area contributed by atoms with Crippen molar-refractivity contribution in [2.75, 3.05) is 5.33 Å². The molecule has 1 fully saturated rings. The second-order valence-corrected chi connectivity index (χ2v) is 7.80. The number of halogens is 5. The summed E-state index contributed by atoms with van der Waals surface area (Å²) in [5, 5.41) is 1.06. The van der Waals surface area contributed by atoms with Crippen molar-refractivity contribution < 1.29 is 22.3 Å². The Morgan fingerprint density at radius 3 is 2.11 bits per heavy atom. The number of hydrogen-bond donors (Lipinski definition) is 0. The topological polar surface area (TPSA) is 9.23 Å². The first-order valence-corrected chi connectivity index (χ1v) is 10.2. The fourth-order valence-electron chi connectivity index (χ4n) is 3.77. The van der Waals surface area contributed by atoms with Crippen LogP contribution in [0, 0.1) is 11.7 Å². The quantitative estimate of drug-likeness (QED) is 0.343. The van der Waals surface area contributed by atoms with E-state index in [-0.39, 0.29) is 0 Å². The van der Waals surface area contributed by atoms with Gasteiger partial charge in [-0.15, -0.1) is 13.2 Å². The second-order valence-electron chi connectivity index (χ2n) is 7.01. The molecule has 2 aromatic carbocycles. The van der Waals surface area contributed by atoms with E-state index >= 15 is 0 Å². The van der Waals surface area contributed by atoms with Gasteiger partial charge in [-0.25, -0.2) is 4.39 Å². The van der Waals surface area contributed by atoms with Crippen molar-refractivity contribution in [2.45, 2.75) is 44.4 Å². The minimum Gasteiger partial charge on any atom is -0.403 e. The van der Waals surface area contributed by atoms with E-state index in [1.807, 2.05) is 24.3 Å². The lowest BCUT2D eigenvalue weighted by Gasteiger charge is -2.28. The molecule has 0 spiro atoms. The van der Waals surface area contributed by atoms with Crippen molar-refractivity contribution >= 4 is 15.9 Å². The van der Waals surface area contributed by atoms with Crippen LogP contribution in [0.5, 0.6) is 5.75 Å². The molecule has 0 amide bonds. The van der Waals surface area contributed by atoms with E-state index in [0.29, 0.717) is 11.5 Å². The Kier molecular flexibility index (Phi) is 6.45. The highest BCUT2D eigenvalue weighted by molar-refractivity contribution is 9.09. The van der Waals surface area contributed by atoms with Crippen LogP contribution in [0.2, 0.25) is 0 Å². The third-order valence-corrected chi connectivity index (χ3v) is 5.69. The van der Waals surface area contributed by atoms with Crippen LogP contribution in [0.3, 0.4) is 0 Å². The molecule has 0 aromatic heterocycles. The van der Waals surface area contributed by atoms with Gasteiger partial charge in [-0.3, -0.25) is 0 Å². The molecule has 0 saturated heterocycles. The van der Waals surface area contributed by atoms with E-state index in [1.54, 1.807) is 0 Å². The van der Waals surface area contributed by atoms with Crippen LogP contribution in [0.4, 0.5) is 17.6 Å². The molecule has 0 atom stereocenters. The fraction of sp³-hybridized carbons (Fsp3) is 0.429. The summed E-state index contributed by atoms with van der Waals surface area (Å²) in [6, 6.07) is 11.4. The predicted octanol–water partition coefficient (Wildman–Crippen LogP) is 7.45. The van der Waals surface area contributed by atoms with Gasteiger partial charge in [0.2, 0.25) is 0 Å². The molecule has 0 heterocycles. The minimum absolute atomic E-state index is 0.523. The standard InChI is InChI=1S/C21H21BrF4O/c22-12-11-14-1-3-15(4-2-14)16-5-7-17(8-6-16)18-9-10-20(19(23)13-18)27-21(24,25)26/h5-10,13-15H,1-4,11-12H2/t14-,15-. The van der Waals surface area contributed by atoms with Gasteiger partial charge in [0.25, 0.3) is 0 Å². The highest BCUT2D eigenvalue weighted by Crippen LogP contribution is 2.38. The molecule has 27 heavy (non-hydrogen) atoms. The summed E-state index contributed by atoms with van der Waals surface area (Å²) in [6.07, 6.45) is 1.15. The Bertz CT molecular complexity index is 750. The number of rotatable bonds is 5. The predicted molar refractivity (Wildman–Crippen MR) is 102 cm³/mol. The summed E-state index contributed by atoms with van der Waals surface area (Å²) in [6.45, 7) is 0. The SMILES string of the molecule is Fc1cc(-c2ccc([C@H]3CC[C@H](CCBr)CC3)cc2)ccc1OC(F)(F)F. The lowest BCUT2D eigenvalue weighted by atomic mass is 9.77. The van der Waals surface area contributed by atoms with Crippen molar-refractivity contribution in [3.05, 3.63) is 53.8 Å². The first-order valence-electron chi connectivity index (χ1n) is 9.07. The average molecular weight is 445 g/mol. The molecular formula is C21H21BrF4O. The Morgan fingerprint density at radius 1 is 0.926 bits per heavy atom. The fourth-order valence-corrected chi connectivity index (χ4v) is 4.42. The van der Waals surface area contributed by atoms with Crippen molar-refractivity contribution in [2.24, 2.45) is 5.92 Å². The van der Waals surface area contributed by atoms with E-state index < -0.39 is 17.9 Å². The summed E-state index contributed by atoms with van der Waals surface area (Å²) in [7, 11) is 0. The van der Waals surface area contributed by atoms with Gasteiger partial charge in [-0.1, -0.05) is 46.3 Å². The van der Waals surface area contributed by atoms with Crippen LogP contribution in [0.25, 0.3) is 11.1 Å². The van der Waals surface area contributed by atoms with Crippen molar-refractivity contribution in [1.29, 1.82) is 0 Å². The van der Waals surface area contributed by atoms with Crippen LogP contribution in [0.15, 0.2) is 42.5 Å². The number of hydrogen-bond acceptors (Lipinski definition) is 1. The van der Waals surface area contributed by atoms with Crippen LogP contribution < -0.4 is 4.74 Å². The molecule has 6 heteroatoms. The number of alkyl halides is 4. The second kappa shape index (κ2) is 8.63. The van der Waals surface area contributed by atoms with E-state index in [9.17, 15) is 17.6 Å². The largest absolute Gasteiger partial charge is 0.573 e. The minimum atomic E-state index is -4.91. The van der Waals surface area contributed by atoms with Gasteiger partial charge >= 0.3 is 6.36 Å². The summed E-state index contributed by atoms with van der Waals surface area (Å²) in [4.78, 5) is 0. The van der Waals surface area contributed by atoms with Crippen LogP contribution in [-0.2, 0) is 0 Å². The van der Waals surface area contributed by atoms with Crippen LogP contribution >= 0.6 is 15.9 Å². The van der Waals surface area contributed by atoms with Gasteiger partial charge < -0.3 is 4.74 Å². The number of ether oxygens (including phenoxy) is 1. The Morgan fingerprint density at radius 2 is 1.56 bits per heavy atom. The molecule has 1 nitrogen and oxygen atoms in total. The molecule has 3 rings (SSSR count). The zero-order chi connectivity index (χ0) is 19.4. The molecular weight excluding hydrogens is 424 g/mol. The molecule has 1 aliphatic rings. The third kappa shape index (κ3) is 5.47. The molecule has 146 valence electrons. The summed E-state index contributed by atoms with van der Waals surface area (Å²) >= 11 is 3.51. The lowest BCUT2D eigenvalue weighted by molar-refractivity contribution is -0.275. The summed E-state index contributed by atoms with van der Waals surface area (Å²) < 4.78 is 54.3. The molecule has 0 N–H and O–H groups in total. The molecule has 0 radical (unpaired) electrons. The van der Waals surface area contributed by atoms with Gasteiger partial charge in [0.05, 0.1) is 0 Å². The third-order valence-electron chi connectivity index (χ3n) is 5.24. The Labute approximate surface area is 164 Å². The highest BCUT2D eigenvalue weighted by atomic mass is 79.9. The van der Waals surface area contributed by atoms with Crippen molar-refractivity contribution in [1.82, 2.24) is 0 Å². The summed E-state index contributed by atoms with van der Waals surface area (Å²) in [5.41, 5.74) is 2.56. The van der Waals surface area contributed by atoms with E-state index in [2.05, 4.69) is 20.7 Å². The smallest absolute Gasteiger partial charge is 0.403 e. The zero-order valence-corrected chi connectivity index (χ0v) is 16.3. The monoisotopic (exact) mass is 444 g/mol. The highest BCUT2D eigenvalue weighted by Gasteiger charge is 2.32.